The third kappa shape index (κ3) is 2.18. The zero-order valence-corrected chi connectivity index (χ0v) is 27.7. The Hall–Kier alpha value is -2.16. The largest absolute Gasteiger partial charge is 0.368 e. The minimum Gasteiger partial charge on any atom is -0.368 e. The molecule has 4 unspecified atom stereocenters. The van der Waals surface area contributed by atoms with Crippen LogP contribution in [0.1, 0.15) is 63.5 Å². The van der Waals surface area contributed by atoms with Crippen LogP contribution in [0, 0.1) is 22.7 Å². The summed E-state index contributed by atoms with van der Waals surface area (Å²) in [4.78, 5) is 11.7. The molecule has 14 atom stereocenters. The van der Waals surface area contributed by atoms with Crippen LogP contribution in [0.3, 0.4) is 0 Å². The number of piperidine rings is 2. The molecule has 2 aromatic rings. The Bertz CT molecular complexity index is 1710. The van der Waals surface area contributed by atoms with Crippen molar-refractivity contribution in [1.29, 1.82) is 0 Å². The van der Waals surface area contributed by atoms with E-state index in [1.54, 1.807) is 11.1 Å². The van der Waals surface area contributed by atoms with Crippen LogP contribution in [-0.2, 0) is 25.0 Å². The summed E-state index contributed by atoms with van der Waals surface area (Å²) in [5.41, 5.74) is 5.78. The normalized spacial score (nSPS) is 56.9. The van der Waals surface area contributed by atoms with E-state index >= 15 is 0 Å². The molecule has 0 N–H and O–H groups in total. The number of ether oxygens (including phenoxy) is 3. The Balaban J connectivity index is 1.08. The molecule has 0 radical (unpaired) electrons. The van der Waals surface area contributed by atoms with Crippen LogP contribution in [0.5, 0.6) is 0 Å². The molecule has 7 heteroatoms. The third-order valence-electron chi connectivity index (χ3n) is 17.7. The van der Waals surface area contributed by atoms with E-state index in [1.807, 2.05) is 0 Å². The number of hydrogen-bond acceptors (Lipinski definition) is 7. The standard InChI is InChI=1S/C40H46N4O3/c1-3-35-17-23-19-43-28-12-8-6-10-26(28)38-14-16-42-22-30-32(46-30)36(4-2,34(38)42)18-24-20-44-27-11-7-5-9-25(27)37(39(23,44)47-40(24,38)43)13-15-41(33(35)37)21-29-31(35)45-29/h5-12,23-24,29-34H,3-4,13-22H2,1-2H3/t23-,24+,29-,30-,31-,32-,33+,34+,35-,36-,37?,38?,39?,40?/m1/s1. The van der Waals surface area contributed by atoms with E-state index in [4.69, 9.17) is 14.2 Å². The molecule has 14 rings (SSSR count). The Labute approximate surface area is 277 Å². The van der Waals surface area contributed by atoms with Crippen LogP contribution in [0.25, 0.3) is 0 Å². The molecule has 2 aromatic carbocycles. The van der Waals surface area contributed by atoms with Crippen molar-refractivity contribution in [2.75, 3.05) is 49.1 Å². The first kappa shape index (κ1) is 25.8. The van der Waals surface area contributed by atoms with E-state index in [0.717, 1.165) is 26.2 Å². The lowest BCUT2D eigenvalue weighted by atomic mass is 9.44. The van der Waals surface area contributed by atoms with Gasteiger partial charge in [0.05, 0.1) is 35.2 Å². The predicted molar refractivity (Wildman–Crippen MR) is 176 cm³/mol. The van der Waals surface area contributed by atoms with Gasteiger partial charge in [0, 0.05) is 72.3 Å². The minimum atomic E-state index is -0.328. The second kappa shape index (κ2) is 7.32. The molecule has 10 heterocycles. The van der Waals surface area contributed by atoms with Crippen molar-refractivity contribution in [3.8, 4) is 0 Å². The number of anilines is 2. The van der Waals surface area contributed by atoms with Crippen LogP contribution in [0.4, 0.5) is 11.4 Å². The number of rotatable bonds is 2. The highest BCUT2D eigenvalue weighted by molar-refractivity contribution is 5.75. The van der Waals surface area contributed by atoms with Gasteiger partial charge >= 0.3 is 0 Å². The maximum Gasteiger partial charge on any atom is 0.160 e. The second-order valence-corrected chi connectivity index (χ2v) is 18.2. The quantitative estimate of drug-likeness (QED) is 0.454. The summed E-state index contributed by atoms with van der Waals surface area (Å²) in [6.07, 6.45) is 8.87. The first-order valence-corrected chi connectivity index (χ1v) is 19.3. The molecular formula is C40H46N4O3. The van der Waals surface area contributed by atoms with Gasteiger partial charge in [0.1, 0.15) is 0 Å². The van der Waals surface area contributed by atoms with Crippen LogP contribution in [0.2, 0.25) is 0 Å². The van der Waals surface area contributed by atoms with Crippen molar-refractivity contribution in [3.05, 3.63) is 59.7 Å². The Morgan fingerprint density at radius 2 is 1.11 bits per heavy atom. The molecule has 0 aromatic heterocycles. The first-order valence-electron chi connectivity index (χ1n) is 19.3. The van der Waals surface area contributed by atoms with E-state index in [-0.39, 0.29) is 33.1 Å². The average Bonchev–Trinajstić information content (AvgIpc) is 3.95. The van der Waals surface area contributed by atoms with Gasteiger partial charge in [-0.05, 0) is 74.9 Å². The molecule has 8 saturated heterocycles. The summed E-state index contributed by atoms with van der Waals surface area (Å²) >= 11 is 0. The molecule has 2 bridgehead atoms. The highest BCUT2D eigenvalue weighted by Gasteiger charge is 2.91. The second-order valence-electron chi connectivity index (χ2n) is 18.2. The average molecular weight is 631 g/mol. The van der Waals surface area contributed by atoms with E-state index in [2.05, 4.69) is 82.0 Å². The van der Waals surface area contributed by atoms with Crippen molar-refractivity contribution in [3.63, 3.8) is 0 Å². The van der Waals surface area contributed by atoms with Crippen LogP contribution < -0.4 is 9.80 Å². The fourth-order valence-corrected chi connectivity index (χ4v) is 16.8. The summed E-state index contributed by atoms with van der Waals surface area (Å²) in [5.74, 6) is 0.836. The van der Waals surface area contributed by atoms with Crippen LogP contribution >= 0.6 is 0 Å². The van der Waals surface area contributed by atoms with Gasteiger partial charge in [-0.1, -0.05) is 50.2 Å². The fraction of sp³-hybridized carbons (Fsp3) is 0.700. The van der Waals surface area contributed by atoms with Gasteiger partial charge in [0.25, 0.3) is 0 Å². The molecule has 4 spiro atoms. The van der Waals surface area contributed by atoms with Gasteiger partial charge in [-0.2, -0.15) is 0 Å². The summed E-state index contributed by atoms with van der Waals surface area (Å²) in [6.45, 7) is 11.7. The van der Waals surface area contributed by atoms with Gasteiger partial charge in [-0.3, -0.25) is 9.80 Å². The van der Waals surface area contributed by atoms with Crippen molar-refractivity contribution < 1.29 is 14.2 Å². The molecule has 7 nitrogen and oxygen atoms in total. The molecular weight excluding hydrogens is 584 g/mol. The maximum atomic E-state index is 8.78. The summed E-state index contributed by atoms with van der Waals surface area (Å²) in [7, 11) is 0. The topological polar surface area (TPSA) is 47.2 Å². The molecule has 2 aliphatic carbocycles. The number of fused-ring (bicyclic) bond motifs is 8. The number of hydrogen-bond donors (Lipinski definition) is 0. The highest BCUT2D eigenvalue weighted by Crippen LogP contribution is 2.81. The molecule has 244 valence electrons. The Morgan fingerprint density at radius 1 is 0.638 bits per heavy atom. The van der Waals surface area contributed by atoms with Crippen molar-refractivity contribution in [2.24, 2.45) is 22.7 Å². The van der Waals surface area contributed by atoms with Crippen LogP contribution in [0.15, 0.2) is 48.5 Å². The zero-order chi connectivity index (χ0) is 30.5. The highest BCUT2D eigenvalue weighted by atomic mass is 16.6. The van der Waals surface area contributed by atoms with Crippen molar-refractivity contribution in [2.45, 2.75) is 111 Å². The SMILES string of the molecule is CC[C@@]12C[C@H]3CN4c5ccccc5C56CCN7C[C@H]8O[C@H]8[C@@](CC)(C[C@@H]8CN9c%10ccccc%10C%10(CCN(C[C@H]%11O[C@H]%111)[C@H]%102)C39OC845)[C@H]76. The molecule has 12 aliphatic rings. The summed E-state index contributed by atoms with van der Waals surface area (Å²) in [6, 6.07) is 20.3. The molecule has 2 saturated carbocycles. The predicted octanol–water partition coefficient (Wildman–Crippen LogP) is 4.48. The lowest BCUT2D eigenvalue weighted by molar-refractivity contribution is -0.337. The molecule has 10 fully saturated rings. The Kier molecular flexibility index (Phi) is 4.01. The molecule has 47 heavy (non-hydrogen) atoms. The molecule has 10 aliphatic heterocycles. The summed E-state index contributed by atoms with van der Waals surface area (Å²) < 4.78 is 22.1. The maximum absolute atomic E-state index is 8.78. The Morgan fingerprint density at radius 3 is 1.57 bits per heavy atom. The number of nitrogens with zero attached hydrogens (tertiary/aromatic N) is 4. The van der Waals surface area contributed by atoms with E-state index in [1.165, 1.54) is 63.0 Å². The van der Waals surface area contributed by atoms with Crippen molar-refractivity contribution in [1.82, 2.24) is 9.80 Å². The van der Waals surface area contributed by atoms with Gasteiger partial charge in [0.15, 0.2) is 11.4 Å². The smallest absolute Gasteiger partial charge is 0.160 e. The van der Waals surface area contributed by atoms with E-state index in [0.29, 0.717) is 48.3 Å². The monoisotopic (exact) mass is 630 g/mol. The van der Waals surface area contributed by atoms with Gasteiger partial charge in [-0.15, -0.1) is 0 Å². The number of para-hydroxylation sites is 2. The van der Waals surface area contributed by atoms with Gasteiger partial charge in [-0.25, -0.2) is 0 Å². The number of benzene rings is 2. The van der Waals surface area contributed by atoms with Gasteiger partial charge < -0.3 is 24.0 Å². The van der Waals surface area contributed by atoms with E-state index < -0.39 is 0 Å². The third-order valence-corrected chi connectivity index (χ3v) is 17.7. The first-order chi connectivity index (χ1) is 23.0. The zero-order valence-electron chi connectivity index (χ0n) is 27.7. The molecule has 0 amide bonds. The van der Waals surface area contributed by atoms with Crippen molar-refractivity contribution >= 4 is 11.4 Å². The fourth-order valence-electron chi connectivity index (χ4n) is 16.8. The lowest BCUT2D eigenvalue weighted by Gasteiger charge is -2.77. The minimum absolute atomic E-state index is 0.0456. The number of epoxide rings is 2. The summed E-state index contributed by atoms with van der Waals surface area (Å²) in [5, 5.41) is 0. The van der Waals surface area contributed by atoms with Gasteiger partial charge in [0.2, 0.25) is 0 Å². The van der Waals surface area contributed by atoms with Crippen LogP contribution in [-0.4, -0.2) is 97.0 Å². The lowest BCUT2D eigenvalue weighted by Crippen LogP contribution is -2.90. The van der Waals surface area contributed by atoms with E-state index in [9.17, 15) is 0 Å².